The van der Waals surface area contributed by atoms with Crippen LogP contribution in [-0.2, 0) is 5.41 Å². The number of nitrogens with zero attached hydrogens (tertiary/aromatic N) is 1. The van der Waals surface area contributed by atoms with Gasteiger partial charge in [-0.05, 0) is 67.1 Å². The van der Waals surface area contributed by atoms with E-state index in [0.717, 1.165) is 0 Å². The maximum absolute atomic E-state index is 2.66. The van der Waals surface area contributed by atoms with Crippen molar-refractivity contribution in [2.75, 3.05) is 19.6 Å². The molecule has 0 spiro atoms. The van der Waals surface area contributed by atoms with E-state index in [9.17, 15) is 0 Å². The molecule has 1 aliphatic heterocycles. The van der Waals surface area contributed by atoms with Crippen LogP contribution in [0.15, 0.2) is 30.3 Å². The fourth-order valence-corrected chi connectivity index (χ4v) is 5.12. The van der Waals surface area contributed by atoms with Gasteiger partial charge in [0.1, 0.15) is 0 Å². The van der Waals surface area contributed by atoms with Crippen molar-refractivity contribution in [2.24, 2.45) is 16.2 Å². The molecule has 1 aliphatic rings. The topological polar surface area (TPSA) is 3.24 Å². The third-order valence-electron chi connectivity index (χ3n) is 8.30. The van der Waals surface area contributed by atoms with E-state index in [1.165, 1.54) is 50.9 Å². The summed E-state index contributed by atoms with van der Waals surface area (Å²) in [5, 5.41) is 0. The summed E-state index contributed by atoms with van der Waals surface area (Å²) >= 11 is 0. The van der Waals surface area contributed by atoms with Crippen LogP contribution in [0.4, 0.5) is 0 Å². The minimum Gasteiger partial charge on any atom is -0.303 e. The molecule has 2 rings (SSSR count). The molecule has 0 aromatic heterocycles. The Morgan fingerprint density at radius 3 is 1.85 bits per heavy atom. The molecule has 1 heterocycles. The highest BCUT2D eigenvalue weighted by molar-refractivity contribution is 5.31. The van der Waals surface area contributed by atoms with Crippen molar-refractivity contribution in [3.63, 3.8) is 0 Å². The van der Waals surface area contributed by atoms with Gasteiger partial charge < -0.3 is 4.90 Å². The van der Waals surface area contributed by atoms with E-state index in [4.69, 9.17) is 0 Å². The zero-order valence-corrected chi connectivity index (χ0v) is 18.8. The number of rotatable bonds is 7. The standard InChI is InChI=1S/C25H43N/c1-22(2,3)24(6,7)25(8,21-15-10-9-11-16-21)23(4,5)17-14-20-26-18-12-13-19-26/h9-11,15-16H,12-14,17-20H2,1-8H3. The van der Waals surface area contributed by atoms with Gasteiger partial charge in [-0.2, -0.15) is 0 Å². The Labute approximate surface area is 163 Å². The average molecular weight is 358 g/mol. The van der Waals surface area contributed by atoms with Crippen molar-refractivity contribution in [3.8, 4) is 0 Å². The van der Waals surface area contributed by atoms with Gasteiger partial charge in [0.2, 0.25) is 0 Å². The quantitative estimate of drug-likeness (QED) is 0.512. The van der Waals surface area contributed by atoms with Crippen LogP contribution in [0, 0.1) is 16.2 Å². The van der Waals surface area contributed by atoms with Gasteiger partial charge in [0.25, 0.3) is 0 Å². The van der Waals surface area contributed by atoms with Crippen LogP contribution in [0.1, 0.15) is 86.6 Å². The van der Waals surface area contributed by atoms with Crippen molar-refractivity contribution in [2.45, 2.75) is 86.5 Å². The molecule has 1 aromatic carbocycles. The van der Waals surface area contributed by atoms with Crippen LogP contribution in [0.2, 0.25) is 0 Å². The Morgan fingerprint density at radius 1 is 0.808 bits per heavy atom. The van der Waals surface area contributed by atoms with Crippen molar-refractivity contribution in [3.05, 3.63) is 35.9 Å². The highest BCUT2D eigenvalue weighted by Crippen LogP contribution is 2.61. The Kier molecular flexibility index (Phi) is 6.33. The summed E-state index contributed by atoms with van der Waals surface area (Å²) in [4.78, 5) is 2.66. The van der Waals surface area contributed by atoms with Crippen LogP contribution in [-0.4, -0.2) is 24.5 Å². The second-order valence-electron chi connectivity index (χ2n) is 10.9. The lowest BCUT2D eigenvalue weighted by Gasteiger charge is -2.60. The first-order chi connectivity index (χ1) is 11.9. The largest absolute Gasteiger partial charge is 0.303 e. The number of benzene rings is 1. The highest BCUT2D eigenvalue weighted by Gasteiger charge is 2.56. The predicted molar refractivity (Wildman–Crippen MR) is 116 cm³/mol. The monoisotopic (exact) mass is 357 g/mol. The lowest BCUT2D eigenvalue weighted by Crippen LogP contribution is -2.55. The molecule has 0 aliphatic carbocycles. The maximum Gasteiger partial charge on any atom is 0.00319 e. The fourth-order valence-electron chi connectivity index (χ4n) is 5.12. The lowest BCUT2D eigenvalue weighted by atomic mass is 9.44. The van der Waals surface area contributed by atoms with Gasteiger partial charge in [0.15, 0.2) is 0 Å². The van der Waals surface area contributed by atoms with Crippen LogP contribution >= 0.6 is 0 Å². The predicted octanol–water partition coefficient (Wildman–Crippen LogP) is 6.92. The Morgan fingerprint density at radius 2 is 1.35 bits per heavy atom. The molecule has 1 aromatic rings. The molecule has 1 heteroatoms. The Balaban J connectivity index is 2.33. The molecule has 1 atom stereocenters. The van der Waals surface area contributed by atoms with Crippen LogP contribution in [0.25, 0.3) is 0 Å². The summed E-state index contributed by atoms with van der Waals surface area (Å²) in [6.45, 7) is 23.7. The number of hydrogen-bond acceptors (Lipinski definition) is 1. The number of hydrogen-bond donors (Lipinski definition) is 0. The van der Waals surface area contributed by atoms with E-state index < -0.39 is 0 Å². The first-order valence-electron chi connectivity index (χ1n) is 10.7. The first kappa shape index (κ1) is 21.5. The van der Waals surface area contributed by atoms with Crippen molar-refractivity contribution in [1.82, 2.24) is 4.90 Å². The molecule has 0 bridgehead atoms. The molecule has 0 amide bonds. The van der Waals surface area contributed by atoms with E-state index in [2.05, 4.69) is 90.6 Å². The second kappa shape index (κ2) is 7.66. The molecule has 0 radical (unpaired) electrons. The molecule has 148 valence electrons. The van der Waals surface area contributed by atoms with Gasteiger partial charge >= 0.3 is 0 Å². The normalized spacial score (nSPS) is 19.5. The molecular weight excluding hydrogens is 314 g/mol. The van der Waals surface area contributed by atoms with Crippen LogP contribution < -0.4 is 0 Å². The Bertz CT molecular complexity index is 558. The lowest BCUT2D eigenvalue weighted by molar-refractivity contribution is -0.0438. The SMILES string of the molecule is CC(C)(C)C(C)(C)C(C)(c1ccccc1)C(C)(C)CCCN1CCCC1. The van der Waals surface area contributed by atoms with Crippen molar-refractivity contribution >= 4 is 0 Å². The molecule has 1 unspecified atom stereocenters. The average Bonchev–Trinajstić information content (AvgIpc) is 3.06. The second-order valence-corrected chi connectivity index (χ2v) is 10.9. The molecule has 0 N–H and O–H groups in total. The van der Waals surface area contributed by atoms with Crippen LogP contribution in [0.3, 0.4) is 0 Å². The summed E-state index contributed by atoms with van der Waals surface area (Å²) in [6, 6.07) is 11.3. The zero-order valence-electron chi connectivity index (χ0n) is 18.8. The van der Waals surface area contributed by atoms with Gasteiger partial charge in [-0.1, -0.05) is 85.7 Å². The van der Waals surface area contributed by atoms with Crippen molar-refractivity contribution < 1.29 is 0 Å². The van der Waals surface area contributed by atoms with E-state index >= 15 is 0 Å². The molecule has 26 heavy (non-hydrogen) atoms. The van der Waals surface area contributed by atoms with Crippen molar-refractivity contribution in [1.29, 1.82) is 0 Å². The molecule has 1 nitrogen and oxygen atoms in total. The number of likely N-dealkylation sites (tertiary alicyclic amines) is 1. The van der Waals surface area contributed by atoms with Gasteiger partial charge in [-0.25, -0.2) is 0 Å². The van der Waals surface area contributed by atoms with E-state index in [0.29, 0.717) is 0 Å². The summed E-state index contributed by atoms with van der Waals surface area (Å²) in [6.07, 6.45) is 5.36. The minimum absolute atomic E-state index is 0.102. The smallest absolute Gasteiger partial charge is 0.00319 e. The summed E-state index contributed by atoms with van der Waals surface area (Å²) in [5.41, 5.74) is 2.21. The summed E-state index contributed by atoms with van der Waals surface area (Å²) in [7, 11) is 0. The highest BCUT2D eigenvalue weighted by atomic mass is 15.1. The van der Waals surface area contributed by atoms with Gasteiger partial charge in [0.05, 0.1) is 0 Å². The summed E-state index contributed by atoms with van der Waals surface area (Å²) < 4.78 is 0. The van der Waals surface area contributed by atoms with E-state index in [1.54, 1.807) is 0 Å². The Hall–Kier alpha value is -0.820. The van der Waals surface area contributed by atoms with Crippen LogP contribution in [0.5, 0.6) is 0 Å². The van der Waals surface area contributed by atoms with Gasteiger partial charge in [0, 0.05) is 5.41 Å². The molecule has 1 fully saturated rings. The third-order valence-corrected chi connectivity index (χ3v) is 8.30. The zero-order chi connectivity index (χ0) is 19.6. The van der Waals surface area contributed by atoms with E-state index in [1.807, 2.05) is 0 Å². The molecular formula is C25H43N. The van der Waals surface area contributed by atoms with Gasteiger partial charge in [-0.15, -0.1) is 0 Å². The maximum atomic E-state index is 2.66. The first-order valence-corrected chi connectivity index (χ1v) is 10.7. The molecule has 0 saturated carbocycles. The molecule has 1 saturated heterocycles. The minimum atomic E-state index is 0.102. The van der Waals surface area contributed by atoms with E-state index in [-0.39, 0.29) is 21.7 Å². The summed E-state index contributed by atoms with van der Waals surface area (Å²) in [5.74, 6) is 0. The van der Waals surface area contributed by atoms with Gasteiger partial charge in [-0.3, -0.25) is 0 Å². The fraction of sp³-hybridized carbons (Fsp3) is 0.760. The third kappa shape index (κ3) is 3.88.